The zero-order chi connectivity index (χ0) is 35.9. The Morgan fingerprint density at radius 1 is 0.431 bits per heavy atom. The number of hydrogen-bond acceptors (Lipinski definition) is 5. The molecular weight excluding hydrogens is 633 g/mol. The van der Waals surface area contributed by atoms with Gasteiger partial charge in [0.25, 0.3) is 0 Å². The molecule has 0 aliphatic heterocycles. The summed E-state index contributed by atoms with van der Waals surface area (Å²) in [6.45, 7) is 4.31. The van der Waals surface area contributed by atoms with Crippen molar-refractivity contribution in [1.29, 1.82) is 0 Å². The number of aryl methyl sites for hydroxylation is 2. The summed E-state index contributed by atoms with van der Waals surface area (Å²) in [5.41, 5.74) is 10.5. The molecule has 0 atom stereocenters. The molecule has 0 aromatic heterocycles. The maximum atomic E-state index is 11.9. The minimum atomic E-state index is 0.214. The standard InChI is InChI=1S/C46H52O5/c1-3-8-32-22-36(20-30-12-16-41(47)17-13-30)44(49)38(24-32)26-34-27-40(46(51)43(28-34)35-10-6-5-7-11-35)29-39-25-33(9-4-2)23-37(45(39)50)21-31-14-18-42(48)19-15-31/h12-19,22-25,27-28,35,47-51H,3-11,20-21,26,29H2,1-2H3. The third kappa shape index (κ3) is 8.89. The quantitative estimate of drug-likeness (QED) is 0.0850. The first-order valence-corrected chi connectivity index (χ1v) is 18.8. The third-order valence-corrected chi connectivity index (χ3v) is 10.5. The molecule has 5 nitrogen and oxygen atoms in total. The average molecular weight is 685 g/mol. The molecule has 0 radical (unpaired) electrons. The molecule has 5 N–H and O–H groups in total. The highest BCUT2D eigenvalue weighted by atomic mass is 16.3. The van der Waals surface area contributed by atoms with Gasteiger partial charge in [-0.3, -0.25) is 0 Å². The smallest absolute Gasteiger partial charge is 0.122 e. The molecule has 0 amide bonds. The Bertz CT molecular complexity index is 1940. The lowest BCUT2D eigenvalue weighted by molar-refractivity contribution is 0.411. The molecule has 5 aromatic carbocycles. The van der Waals surface area contributed by atoms with Crippen molar-refractivity contribution >= 4 is 0 Å². The number of hydrogen-bond donors (Lipinski definition) is 5. The molecule has 0 unspecified atom stereocenters. The number of benzene rings is 5. The van der Waals surface area contributed by atoms with Crippen LogP contribution in [0.4, 0.5) is 0 Å². The van der Waals surface area contributed by atoms with Crippen LogP contribution in [0.15, 0.2) is 84.9 Å². The molecule has 1 saturated carbocycles. The van der Waals surface area contributed by atoms with E-state index in [2.05, 4.69) is 50.2 Å². The molecule has 1 aliphatic carbocycles. The van der Waals surface area contributed by atoms with E-state index in [0.29, 0.717) is 37.2 Å². The summed E-state index contributed by atoms with van der Waals surface area (Å²) in [4.78, 5) is 0. The summed E-state index contributed by atoms with van der Waals surface area (Å²) in [6, 6.07) is 26.9. The van der Waals surface area contributed by atoms with Gasteiger partial charge in [0.2, 0.25) is 0 Å². The summed E-state index contributed by atoms with van der Waals surface area (Å²) in [5.74, 6) is 1.57. The average Bonchev–Trinajstić information content (AvgIpc) is 3.12. The Morgan fingerprint density at radius 2 is 0.824 bits per heavy atom. The summed E-state index contributed by atoms with van der Waals surface area (Å²) in [6.07, 6.45) is 11.4. The van der Waals surface area contributed by atoms with Crippen LogP contribution in [0.5, 0.6) is 28.7 Å². The van der Waals surface area contributed by atoms with Crippen molar-refractivity contribution in [1.82, 2.24) is 0 Å². The highest BCUT2D eigenvalue weighted by molar-refractivity contribution is 5.55. The second-order valence-electron chi connectivity index (χ2n) is 14.6. The Hall–Kier alpha value is -4.90. The molecule has 1 fully saturated rings. The summed E-state index contributed by atoms with van der Waals surface area (Å²) >= 11 is 0. The first-order chi connectivity index (χ1) is 24.7. The van der Waals surface area contributed by atoms with Crippen molar-refractivity contribution in [2.75, 3.05) is 0 Å². The van der Waals surface area contributed by atoms with Crippen LogP contribution in [0.3, 0.4) is 0 Å². The topological polar surface area (TPSA) is 101 Å². The van der Waals surface area contributed by atoms with Gasteiger partial charge in [0.1, 0.15) is 28.7 Å². The van der Waals surface area contributed by atoms with Crippen LogP contribution in [0.25, 0.3) is 0 Å². The van der Waals surface area contributed by atoms with Gasteiger partial charge in [-0.25, -0.2) is 0 Å². The molecule has 1 aliphatic rings. The van der Waals surface area contributed by atoms with Gasteiger partial charge in [-0.2, -0.15) is 0 Å². The predicted molar refractivity (Wildman–Crippen MR) is 206 cm³/mol. The van der Waals surface area contributed by atoms with Crippen molar-refractivity contribution in [2.24, 2.45) is 0 Å². The van der Waals surface area contributed by atoms with Gasteiger partial charge >= 0.3 is 0 Å². The van der Waals surface area contributed by atoms with E-state index >= 15 is 0 Å². The van der Waals surface area contributed by atoms with Crippen molar-refractivity contribution in [3.05, 3.63) is 146 Å². The van der Waals surface area contributed by atoms with Crippen LogP contribution >= 0.6 is 0 Å². The van der Waals surface area contributed by atoms with Gasteiger partial charge in [0.05, 0.1) is 0 Å². The first kappa shape index (κ1) is 35.9. The maximum Gasteiger partial charge on any atom is 0.122 e. The van der Waals surface area contributed by atoms with Crippen LogP contribution in [0.1, 0.15) is 126 Å². The van der Waals surface area contributed by atoms with Crippen LogP contribution in [0, 0.1) is 0 Å². The summed E-state index contributed by atoms with van der Waals surface area (Å²) in [5, 5.41) is 54.9. The molecule has 5 aromatic rings. The molecule has 51 heavy (non-hydrogen) atoms. The van der Waals surface area contributed by atoms with Gasteiger partial charge in [-0.05, 0) is 117 Å². The largest absolute Gasteiger partial charge is 0.508 e. The zero-order valence-corrected chi connectivity index (χ0v) is 30.1. The Balaban J connectivity index is 1.39. The second kappa shape index (κ2) is 16.4. The van der Waals surface area contributed by atoms with E-state index in [0.717, 1.165) is 107 Å². The fraction of sp³-hybridized carbons (Fsp3) is 0.348. The third-order valence-electron chi connectivity index (χ3n) is 10.5. The fourth-order valence-electron chi connectivity index (χ4n) is 7.91. The van der Waals surface area contributed by atoms with Crippen molar-refractivity contribution in [2.45, 2.75) is 103 Å². The van der Waals surface area contributed by atoms with Gasteiger partial charge in [-0.1, -0.05) is 107 Å². The second-order valence-corrected chi connectivity index (χ2v) is 14.6. The van der Waals surface area contributed by atoms with Crippen molar-refractivity contribution in [3.8, 4) is 28.7 Å². The molecule has 266 valence electrons. The Kier molecular flexibility index (Phi) is 11.6. The van der Waals surface area contributed by atoms with Crippen LogP contribution in [0.2, 0.25) is 0 Å². The van der Waals surface area contributed by atoms with E-state index in [1.54, 1.807) is 24.3 Å². The first-order valence-electron chi connectivity index (χ1n) is 18.8. The number of phenols is 5. The lowest BCUT2D eigenvalue weighted by atomic mass is 9.81. The monoisotopic (exact) mass is 684 g/mol. The van der Waals surface area contributed by atoms with Gasteiger partial charge in [-0.15, -0.1) is 0 Å². The number of rotatable bonds is 13. The molecular formula is C46H52O5. The van der Waals surface area contributed by atoms with Gasteiger partial charge in [0, 0.05) is 25.7 Å². The SMILES string of the molecule is CCCc1cc(Cc2ccc(O)cc2)c(O)c(Cc2cc(Cc3cc(CCC)cc(Cc4ccc(O)cc4)c3O)c(O)c(C3CCCCC3)c2)c1. The van der Waals surface area contributed by atoms with Gasteiger partial charge < -0.3 is 25.5 Å². The maximum absolute atomic E-state index is 11.9. The van der Waals surface area contributed by atoms with E-state index in [1.807, 2.05) is 24.3 Å². The van der Waals surface area contributed by atoms with Crippen LogP contribution in [-0.4, -0.2) is 25.5 Å². The van der Waals surface area contributed by atoms with E-state index in [4.69, 9.17) is 0 Å². The lowest BCUT2D eigenvalue weighted by Crippen LogP contribution is -2.08. The summed E-state index contributed by atoms with van der Waals surface area (Å²) in [7, 11) is 0. The molecule has 0 spiro atoms. The predicted octanol–water partition coefficient (Wildman–Crippen LogP) is 10.5. The van der Waals surface area contributed by atoms with Gasteiger partial charge in [0.15, 0.2) is 0 Å². The fourth-order valence-corrected chi connectivity index (χ4v) is 7.91. The molecule has 5 heteroatoms. The highest BCUT2D eigenvalue weighted by Crippen LogP contribution is 2.42. The zero-order valence-electron chi connectivity index (χ0n) is 30.1. The lowest BCUT2D eigenvalue weighted by Gasteiger charge is -2.25. The van der Waals surface area contributed by atoms with E-state index in [9.17, 15) is 25.5 Å². The Labute approximate surface area is 302 Å². The minimum Gasteiger partial charge on any atom is -0.508 e. The van der Waals surface area contributed by atoms with Crippen LogP contribution < -0.4 is 0 Å². The molecule has 0 heterocycles. The molecule has 0 saturated heterocycles. The Morgan fingerprint density at radius 3 is 1.27 bits per heavy atom. The van der Waals surface area contributed by atoms with Crippen LogP contribution in [-0.2, 0) is 38.5 Å². The summed E-state index contributed by atoms with van der Waals surface area (Å²) < 4.78 is 0. The van der Waals surface area contributed by atoms with Crippen molar-refractivity contribution < 1.29 is 25.5 Å². The molecule has 6 rings (SSSR count). The highest BCUT2D eigenvalue weighted by Gasteiger charge is 2.23. The number of aromatic hydroxyl groups is 5. The molecule has 0 bridgehead atoms. The van der Waals surface area contributed by atoms with Crippen molar-refractivity contribution in [3.63, 3.8) is 0 Å². The normalized spacial score (nSPS) is 13.5. The minimum absolute atomic E-state index is 0.214. The van der Waals surface area contributed by atoms with E-state index < -0.39 is 0 Å². The number of phenolic OH excluding ortho intramolecular Hbond substituents is 5. The van der Waals surface area contributed by atoms with E-state index in [1.165, 1.54) is 12.0 Å². The van der Waals surface area contributed by atoms with E-state index in [-0.39, 0.29) is 23.2 Å².